The van der Waals surface area contributed by atoms with Gasteiger partial charge in [0.05, 0.1) is 6.54 Å². The van der Waals surface area contributed by atoms with E-state index in [4.69, 9.17) is 10.3 Å². The lowest BCUT2D eigenvalue weighted by Gasteiger charge is -2.30. The highest BCUT2D eigenvalue weighted by Gasteiger charge is 2.21. The second-order valence-corrected chi connectivity index (χ2v) is 5.27. The van der Waals surface area contributed by atoms with Crippen LogP contribution in [-0.4, -0.2) is 46.6 Å². The number of anilines is 1. The first-order valence-corrected chi connectivity index (χ1v) is 6.65. The molecule has 0 unspecified atom stereocenters. The smallest absolute Gasteiger partial charge is 0.321 e. The van der Waals surface area contributed by atoms with E-state index in [0.29, 0.717) is 24.4 Å². The van der Waals surface area contributed by atoms with Gasteiger partial charge in [-0.15, -0.1) is 0 Å². The van der Waals surface area contributed by atoms with Gasteiger partial charge in [0, 0.05) is 25.0 Å². The molecule has 0 saturated carbocycles. The molecule has 19 heavy (non-hydrogen) atoms. The number of primary amides is 1. The molecule has 0 aromatic carbocycles. The lowest BCUT2D eigenvalue weighted by Crippen LogP contribution is -2.42. The number of aromatic nitrogens is 2. The predicted octanol–water partition coefficient (Wildman–Crippen LogP) is 0.555. The van der Waals surface area contributed by atoms with Gasteiger partial charge >= 0.3 is 6.01 Å². The van der Waals surface area contributed by atoms with E-state index >= 15 is 0 Å². The maximum Gasteiger partial charge on any atom is 0.321 e. The van der Waals surface area contributed by atoms with Crippen molar-refractivity contribution in [2.24, 2.45) is 5.73 Å². The highest BCUT2D eigenvalue weighted by molar-refractivity contribution is 5.75. The van der Waals surface area contributed by atoms with Crippen molar-refractivity contribution in [1.29, 1.82) is 0 Å². The predicted molar refractivity (Wildman–Crippen MR) is 70.7 cm³/mol. The molecular weight excluding hydrogens is 246 g/mol. The number of nitrogens with two attached hydrogens (primary N) is 1. The van der Waals surface area contributed by atoms with Crippen LogP contribution < -0.4 is 11.1 Å². The molecule has 1 aromatic rings. The number of hydrogen-bond acceptors (Lipinski definition) is 6. The quantitative estimate of drug-likeness (QED) is 0.808. The maximum absolute atomic E-state index is 10.8. The number of nitrogens with zero attached hydrogens (tertiary/aromatic N) is 3. The van der Waals surface area contributed by atoms with Crippen LogP contribution in [0.1, 0.15) is 38.4 Å². The minimum atomic E-state index is -0.273. The Hall–Kier alpha value is -1.63. The molecule has 1 aliphatic rings. The molecule has 0 aliphatic carbocycles. The third kappa shape index (κ3) is 3.92. The van der Waals surface area contributed by atoms with E-state index in [-0.39, 0.29) is 11.8 Å². The van der Waals surface area contributed by atoms with Crippen molar-refractivity contribution in [3.63, 3.8) is 0 Å². The molecule has 1 amide bonds. The average molecular weight is 267 g/mol. The summed E-state index contributed by atoms with van der Waals surface area (Å²) in [6, 6.07) is 0.793. The highest BCUT2D eigenvalue weighted by atomic mass is 16.5. The summed E-state index contributed by atoms with van der Waals surface area (Å²) in [5.41, 5.74) is 5.18. The van der Waals surface area contributed by atoms with Gasteiger partial charge in [-0.1, -0.05) is 19.0 Å². The van der Waals surface area contributed by atoms with Crippen LogP contribution in [0.3, 0.4) is 0 Å². The van der Waals surface area contributed by atoms with E-state index in [1.54, 1.807) is 0 Å². The molecular formula is C12H21N5O2. The zero-order valence-corrected chi connectivity index (χ0v) is 11.4. The fourth-order valence-corrected chi connectivity index (χ4v) is 2.16. The minimum Gasteiger partial charge on any atom is -0.369 e. The van der Waals surface area contributed by atoms with Gasteiger partial charge in [0.25, 0.3) is 0 Å². The molecule has 1 aliphatic heterocycles. The summed E-state index contributed by atoms with van der Waals surface area (Å²) >= 11 is 0. The van der Waals surface area contributed by atoms with Gasteiger partial charge in [-0.2, -0.15) is 4.98 Å². The van der Waals surface area contributed by atoms with Crippen molar-refractivity contribution in [3.8, 4) is 0 Å². The maximum atomic E-state index is 10.8. The van der Waals surface area contributed by atoms with Gasteiger partial charge in [-0.3, -0.25) is 9.69 Å². The van der Waals surface area contributed by atoms with Gasteiger partial charge in [-0.25, -0.2) is 0 Å². The minimum absolute atomic E-state index is 0.261. The average Bonchev–Trinajstić information content (AvgIpc) is 2.80. The summed E-state index contributed by atoms with van der Waals surface area (Å²) < 4.78 is 5.16. The van der Waals surface area contributed by atoms with E-state index in [0.717, 1.165) is 25.9 Å². The molecule has 106 valence electrons. The van der Waals surface area contributed by atoms with E-state index in [2.05, 4.69) is 20.4 Å². The molecule has 2 heterocycles. The van der Waals surface area contributed by atoms with Crippen LogP contribution in [0.25, 0.3) is 0 Å². The van der Waals surface area contributed by atoms with Crippen LogP contribution in [0.5, 0.6) is 0 Å². The van der Waals surface area contributed by atoms with E-state index in [9.17, 15) is 4.79 Å². The zero-order valence-electron chi connectivity index (χ0n) is 11.4. The SMILES string of the molecule is CC(C)c1noc(NC2CCN(CC(N)=O)CC2)n1. The molecule has 1 aromatic heterocycles. The lowest BCUT2D eigenvalue weighted by molar-refractivity contribution is -0.119. The number of piperidine rings is 1. The van der Waals surface area contributed by atoms with Crippen LogP contribution in [0.4, 0.5) is 6.01 Å². The number of likely N-dealkylation sites (tertiary alicyclic amines) is 1. The number of amides is 1. The van der Waals surface area contributed by atoms with Gasteiger partial charge in [0.1, 0.15) is 0 Å². The largest absolute Gasteiger partial charge is 0.369 e. The highest BCUT2D eigenvalue weighted by Crippen LogP contribution is 2.17. The fraction of sp³-hybridized carbons (Fsp3) is 0.750. The lowest BCUT2D eigenvalue weighted by atomic mass is 10.1. The number of hydrogen-bond donors (Lipinski definition) is 2. The molecule has 7 heteroatoms. The molecule has 1 saturated heterocycles. The Bertz CT molecular complexity index is 424. The van der Waals surface area contributed by atoms with Crippen LogP contribution in [0.15, 0.2) is 4.52 Å². The Balaban J connectivity index is 1.80. The Morgan fingerprint density at radius 3 is 2.74 bits per heavy atom. The van der Waals surface area contributed by atoms with Crippen molar-refractivity contribution < 1.29 is 9.32 Å². The van der Waals surface area contributed by atoms with Crippen molar-refractivity contribution in [3.05, 3.63) is 5.82 Å². The summed E-state index contributed by atoms with van der Waals surface area (Å²) in [6.07, 6.45) is 1.87. The standard InChI is InChI=1S/C12H21N5O2/c1-8(2)11-15-12(19-16-11)14-9-3-5-17(6-4-9)7-10(13)18/h8-9H,3-7H2,1-2H3,(H2,13,18)(H,14,15,16). The normalized spacial score (nSPS) is 17.8. The number of nitrogens with one attached hydrogen (secondary N) is 1. The molecule has 0 radical (unpaired) electrons. The number of carbonyl (C=O) groups is 1. The van der Waals surface area contributed by atoms with Gasteiger partial charge in [-0.05, 0) is 12.8 Å². The van der Waals surface area contributed by atoms with Gasteiger partial charge < -0.3 is 15.6 Å². The molecule has 1 fully saturated rings. The summed E-state index contributed by atoms with van der Waals surface area (Å²) in [7, 11) is 0. The summed E-state index contributed by atoms with van der Waals surface area (Å²) in [6.45, 7) is 6.09. The second kappa shape index (κ2) is 6.01. The van der Waals surface area contributed by atoms with Crippen molar-refractivity contribution in [1.82, 2.24) is 15.0 Å². The molecule has 2 rings (SSSR count). The third-order valence-corrected chi connectivity index (χ3v) is 3.25. The second-order valence-electron chi connectivity index (χ2n) is 5.27. The molecule has 0 atom stereocenters. The Morgan fingerprint density at radius 1 is 1.53 bits per heavy atom. The van der Waals surface area contributed by atoms with E-state index < -0.39 is 0 Å². The number of rotatable bonds is 5. The summed E-state index contributed by atoms with van der Waals surface area (Å²) in [5, 5.41) is 7.16. The van der Waals surface area contributed by atoms with Crippen LogP contribution >= 0.6 is 0 Å². The van der Waals surface area contributed by atoms with Crippen LogP contribution in [0.2, 0.25) is 0 Å². The molecule has 0 bridgehead atoms. The number of carbonyl (C=O) groups excluding carboxylic acids is 1. The van der Waals surface area contributed by atoms with Crippen LogP contribution in [-0.2, 0) is 4.79 Å². The van der Waals surface area contributed by atoms with E-state index in [1.807, 2.05) is 13.8 Å². The first-order valence-electron chi connectivity index (χ1n) is 6.65. The molecule has 0 spiro atoms. The van der Waals surface area contributed by atoms with Crippen molar-refractivity contribution in [2.75, 3.05) is 25.0 Å². The molecule has 7 nitrogen and oxygen atoms in total. The fourth-order valence-electron chi connectivity index (χ4n) is 2.16. The van der Waals surface area contributed by atoms with Gasteiger partial charge in [0.15, 0.2) is 5.82 Å². The summed E-state index contributed by atoms with van der Waals surface area (Å²) in [4.78, 5) is 17.2. The Labute approximate surface area is 112 Å². The van der Waals surface area contributed by atoms with Crippen molar-refractivity contribution >= 4 is 11.9 Å². The monoisotopic (exact) mass is 267 g/mol. The molecule has 3 N–H and O–H groups in total. The van der Waals surface area contributed by atoms with Gasteiger partial charge in [0.2, 0.25) is 5.91 Å². The Morgan fingerprint density at radius 2 is 2.21 bits per heavy atom. The first kappa shape index (κ1) is 13.8. The zero-order chi connectivity index (χ0) is 13.8. The van der Waals surface area contributed by atoms with Crippen molar-refractivity contribution in [2.45, 2.75) is 38.6 Å². The third-order valence-electron chi connectivity index (χ3n) is 3.25. The first-order chi connectivity index (χ1) is 9.04. The summed E-state index contributed by atoms with van der Waals surface area (Å²) in [5.74, 6) is 0.704. The van der Waals surface area contributed by atoms with Crippen LogP contribution in [0, 0.1) is 0 Å². The topological polar surface area (TPSA) is 97.3 Å². The Kier molecular flexibility index (Phi) is 4.36. The van der Waals surface area contributed by atoms with E-state index in [1.165, 1.54) is 0 Å².